The minimum atomic E-state index is -0.166. The molecular formula is C30H30ClN3O4. The molecule has 1 aliphatic heterocycles. The number of halogens is 1. The molecule has 38 heavy (non-hydrogen) atoms. The Bertz CT molecular complexity index is 1470. The lowest BCUT2D eigenvalue weighted by Crippen LogP contribution is -2.49. The van der Waals surface area contributed by atoms with E-state index in [1.54, 1.807) is 43.1 Å². The van der Waals surface area contributed by atoms with Crippen molar-refractivity contribution in [3.8, 4) is 11.5 Å². The van der Waals surface area contributed by atoms with Crippen molar-refractivity contribution < 1.29 is 19.1 Å². The Labute approximate surface area is 227 Å². The van der Waals surface area contributed by atoms with Crippen molar-refractivity contribution in [3.63, 3.8) is 0 Å². The largest absolute Gasteiger partial charge is 0.497 e. The molecule has 4 aromatic rings. The Kier molecular flexibility index (Phi) is 7.29. The van der Waals surface area contributed by atoms with Gasteiger partial charge in [0.2, 0.25) is 5.91 Å². The minimum Gasteiger partial charge on any atom is -0.497 e. The van der Waals surface area contributed by atoms with Gasteiger partial charge in [-0.2, -0.15) is 0 Å². The number of carbonyl (C=O) groups excluding carboxylic acids is 2. The highest BCUT2D eigenvalue weighted by Gasteiger charge is 2.26. The molecule has 1 saturated heterocycles. The molecule has 0 radical (unpaired) electrons. The number of hydrogen-bond acceptors (Lipinski definition) is 5. The second kappa shape index (κ2) is 10.8. The van der Waals surface area contributed by atoms with Crippen LogP contribution >= 0.6 is 11.6 Å². The van der Waals surface area contributed by atoms with Crippen molar-refractivity contribution in [2.45, 2.75) is 13.3 Å². The van der Waals surface area contributed by atoms with Crippen LogP contribution in [0.5, 0.6) is 11.5 Å². The first-order valence-corrected chi connectivity index (χ1v) is 12.9. The van der Waals surface area contributed by atoms with E-state index in [4.69, 9.17) is 21.1 Å². The van der Waals surface area contributed by atoms with Crippen molar-refractivity contribution in [2.24, 2.45) is 0 Å². The number of fused-ring (bicyclic) bond motifs is 1. The average molecular weight is 532 g/mol. The molecule has 1 amide bonds. The molecule has 3 aromatic carbocycles. The van der Waals surface area contributed by atoms with Crippen molar-refractivity contribution in [1.29, 1.82) is 0 Å². The van der Waals surface area contributed by atoms with Crippen LogP contribution in [0, 0.1) is 6.92 Å². The van der Waals surface area contributed by atoms with Crippen molar-refractivity contribution >= 4 is 40.0 Å². The quantitative estimate of drug-likeness (QED) is 0.342. The maximum Gasteiger partial charge on any atom is 0.262 e. The summed E-state index contributed by atoms with van der Waals surface area (Å²) in [6.45, 7) is 4.67. The van der Waals surface area contributed by atoms with Gasteiger partial charge in [-0.05, 0) is 79.2 Å². The lowest BCUT2D eigenvalue weighted by Gasteiger charge is -2.36. The highest BCUT2D eigenvalue weighted by Crippen LogP contribution is 2.31. The van der Waals surface area contributed by atoms with Crippen molar-refractivity contribution in [1.82, 2.24) is 9.47 Å². The molecule has 0 unspecified atom stereocenters. The molecule has 0 N–H and O–H groups in total. The molecule has 7 nitrogen and oxygen atoms in total. The number of carbonyl (C=O) groups is 2. The molecule has 1 aliphatic rings. The molecule has 0 saturated carbocycles. The lowest BCUT2D eigenvalue weighted by molar-refractivity contribution is -0.130. The van der Waals surface area contributed by atoms with E-state index in [1.165, 1.54) is 0 Å². The van der Waals surface area contributed by atoms with Gasteiger partial charge < -0.3 is 19.3 Å². The van der Waals surface area contributed by atoms with Crippen LogP contribution in [0.25, 0.3) is 10.9 Å². The number of hydrogen-bond donors (Lipinski definition) is 0. The van der Waals surface area contributed by atoms with E-state index in [9.17, 15) is 9.59 Å². The summed E-state index contributed by atoms with van der Waals surface area (Å²) in [5.41, 5.74) is 3.97. The normalized spacial score (nSPS) is 13.6. The number of benzene rings is 3. The van der Waals surface area contributed by atoms with Gasteiger partial charge in [0.25, 0.3) is 5.91 Å². The molecule has 2 heterocycles. The Morgan fingerprint density at radius 2 is 1.47 bits per heavy atom. The first-order chi connectivity index (χ1) is 18.4. The van der Waals surface area contributed by atoms with Gasteiger partial charge in [0.1, 0.15) is 11.5 Å². The number of rotatable bonds is 6. The van der Waals surface area contributed by atoms with Crippen LogP contribution in [0.15, 0.2) is 66.7 Å². The van der Waals surface area contributed by atoms with E-state index in [-0.39, 0.29) is 18.2 Å². The van der Waals surface area contributed by atoms with Crippen LogP contribution in [0.1, 0.15) is 21.6 Å². The summed E-state index contributed by atoms with van der Waals surface area (Å²) < 4.78 is 12.4. The van der Waals surface area contributed by atoms with E-state index in [0.29, 0.717) is 29.4 Å². The van der Waals surface area contributed by atoms with E-state index in [1.807, 2.05) is 54.3 Å². The Morgan fingerprint density at radius 3 is 2.11 bits per heavy atom. The fourth-order valence-corrected chi connectivity index (χ4v) is 5.19. The van der Waals surface area contributed by atoms with E-state index in [0.717, 1.165) is 46.7 Å². The van der Waals surface area contributed by atoms with Crippen LogP contribution < -0.4 is 14.4 Å². The van der Waals surface area contributed by atoms with Crippen LogP contribution in [-0.2, 0) is 11.2 Å². The monoisotopic (exact) mass is 531 g/mol. The third-order valence-corrected chi connectivity index (χ3v) is 7.49. The number of ether oxygens (including phenoxy) is 2. The zero-order valence-electron chi connectivity index (χ0n) is 21.7. The highest BCUT2D eigenvalue weighted by atomic mass is 35.5. The summed E-state index contributed by atoms with van der Waals surface area (Å²) in [5, 5.41) is 1.41. The number of methoxy groups -OCH3 is 2. The molecular weight excluding hydrogens is 502 g/mol. The molecule has 196 valence electrons. The summed E-state index contributed by atoms with van der Waals surface area (Å²) in [6, 6.07) is 20.4. The van der Waals surface area contributed by atoms with E-state index < -0.39 is 0 Å². The van der Waals surface area contributed by atoms with Crippen LogP contribution in [-0.4, -0.2) is 61.7 Å². The Morgan fingerprint density at radius 1 is 0.842 bits per heavy atom. The number of nitrogens with zero attached hydrogens (tertiary/aromatic N) is 3. The van der Waals surface area contributed by atoms with Gasteiger partial charge >= 0.3 is 0 Å². The molecule has 8 heteroatoms. The first kappa shape index (κ1) is 25.7. The first-order valence-electron chi connectivity index (χ1n) is 12.5. The molecule has 0 atom stereocenters. The summed E-state index contributed by atoms with van der Waals surface area (Å²) in [5.74, 6) is 1.38. The number of piperazine rings is 1. The smallest absolute Gasteiger partial charge is 0.262 e. The van der Waals surface area contributed by atoms with Gasteiger partial charge in [-0.15, -0.1) is 0 Å². The number of amides is 1. The molecule has 1 fully saturated rings. The molecule has 0 bridgehead atoms. The van der Waals surface area contributed by atoms with Crippen LogP contribution in [0.4, 0.5) is 5.69 Å². The molecule has 0 aliphatic carbocycles. The molecule has 5 rings (SSSR count). The van der Waals surface area contributed by atoms with E-state index in [2.05, 4.69) is 4.90 Å². The predicted octanol–water partition coefficient (Wildman–Crippen LogP) is 5.20. The predicted molar refractivity (Wildman–Crippen MR) is 150 cm³/mol. The SMILES string of the molecule is COc1ccc(N2CCN(C(=O)Cc3c(C)n(C(=O)c4ccc(Cl)cc4)c4ccc(OC)cc34)CC2)cc1. The zero-order chi connectivity index (χ0) is 26.8. The van der Waals surface area contributed by atoms with Crippen LogP contribution in [0.2, 0.25) is 5.02 Å². The van der Waals surface area contributed by atoms with Gasteiger partial charge in [0.15, 0.2) is 0 Å². The Hall–Kier alpha value is -3.97. The molecule has 1 aromatic heterocycles. The van der Waals surface area contributed by atoms with Crippen molar-refractivity contribution in [2.75, 3.05) is 45.3 Å². The maximum absolute atomic E-state index is 13.5. The lowest BCUT2D eigenvalue weighted by atomic mass is 10.1. The standard InChI is InChI=1S/C30H30ClN3O4/c1-20-26(19-29(35)33-16-14-32(15-17-33)23-8-10-24(37-2)11-9-23)27-18-25(38-3)12-13-28(27)34(20)30(36)21-4-6-22(31)7-5-21/h4-13,18H,14-17,19H2,1-3H3. The number of anilines is 1. The van der Waals surface area contributed by atoms with Gasteiger partial charge in [-0.1, -0.05) is 11.6 Å². The second-order valence-corrected chi connectivity index (χ2v) is 9.77. The number of aromatic nitrogens is 1. The summed E-state index contributed by atoms with van der Waals surface area (Å²) in [6.07, 6.45) is 0.207. The average Bonchev–Trinajstić information content (AvgIpc) is 3.23. The van der Waals surface area contributed by atoms with E-state index >= 15 is 0 Å². The topological polar surface area (TPSA) is 64.0 Å². The molecule has 0 spiro atoms. The summed E-state index contributed by atoms with van der Waals surface area (Å²) >= 11 is 6.03. The third kappa shape index (κ3) is 4.94. The van der Waals surface area contributed by atoms with Crippen LogP contribution in [0.3, 0.4) is 0 Å². The highest BCUT2D eigenvalue weighted by molar-refractivity contribution is 6.30. The minimum absolute atomic E-state index is 0.0447. The second-order valence-electron chi connectivity index (χ2n) is 9.34. The van der Waals surface area contributed by atoms with Gasteiger partial charge in [0, 0.05) is 53.5 Å². The fourth-order valence-electron chi connectivity index (χ4n) is 5.07. The Balaban J connectivity index is 1.39. The van der Waals surface area contributed by atoms with Gasteiger partial charge in [-0.3, -0.25) is 14.2 Å². The third-order valence-electron chi connectivity index (χ3n) is 7.23. The van der Waals surface area contributed by atoms with Gasteiger partial charge in [0.05, 0.1) is 26.2 Å². The summed E-state index contributed by atoms with van der Waals surface area (Å²) in [7, 11) is 3.26. The fraction of sp³-hybridized carbons (Fsp3) is 0.267. The zero-order valence-corrected chi connectivity index (χ0v) is 22.5. The van der Waals surface area contributed by atoms with Gasteiger partial charge in [-0.25, -0.2) is 0 Å². The summed E-state index contributed by atoms with van der Waals surface area (Å²) in [4.78, 5) is 31.2. The maximum atomic E-state index is 13.5. The van der Waals surface area contributed by atoms with Crippen molar-refractivity contribution in [3.05, 3.63) is 88.6 Å².